The highest BCUT2D eigenvalue weighted by atomic mass is 32.1. The molecular formula is C77H126N28O21S. The lowest BCUT2D eigenvalue weighted by atomic mass is 9.97. The Hall–Kier alpha value is -12.8. The lowest BCUT2D eigenvalue weighted by Crippen LogP contribution is -2.62. The van der Waals surface area contributed by atoms with Gasteiger partial charge in [0, 0.05) is 60.7 Å². The molecule has 0 saturated heterocycles. The molecular weight excluding hydrogens is 1690 g/mol. The van der Waals surface area contributed by atoms with E-state index in [0.717, 1.165) is 0 Å². The van der Waals surface area contributed by atoms with E-state index in [-0.39, 0.29) is 108 Å². The van der Waals surface area contributed by atoms with Gasteiger partial charge in [0.2, 0.25) is 94.5 Å². The number of nitrogens with zero attached hydrogens (tertiary/aromatic N) is 1. The Bertz CT molecular complexity index is 4250. The maximum atomic E-state index is 14.5. The van der Waals surface area contributed by atoms with Gasteiger partial charge < -0.3 is 150 Å². The number of hydrogen-bond acceptors (Lipinski definition) is 26. The number of nitrogens with one attached hydrogen (secondary N) is 20. The van der Waals surface area contributed by atoms with Crippen LogP contribution in [-0.2, 0) is 99.1 Å². The highest BCUT2D eigenvalue weighted by Gasteiger charge is 2.40. The summed E-state index contributed by atoms with van der Waals surface area (Å²) in [5.41, 5.74) is 40.9. The van der Waals surface area contributed by atoms with E-state index in [1.807, 2.05) is 12.2 Å². The monoisotopic (exact) mass is 1810 g/mol. The average Bonchev–Trinajstić information content (AvgIpc) is 1.65. The molecule has 0 fully saturated rings. The minimum atomic E-state index is -2.03. The number of carbonyl (C=O) groups is 18. The molecule has 2 aromatic heterocycles. The number of aliphatic carboxylic acids is 2. The van der Waals surface area contributed by atoms with Crippen LogP contribution in [0.1, 0.15) is 149 Å². The molecule has 0 bridgehead atoms. The number of primary amides is 2. The topological polar surface area (TPSA) is 835 Å². The zero-order valence-corrected chi connectivity index (χ0v) is 72.6. The molecule has 127 heavy (non-hydrogen) atoms. The molecule has 17 atom stereocenters. The summed E-state index contributed by atoms with van der Waals surface area (Å²) in [6.45, 7) is 8.44. The number of guanidine groups is 2. The Labute approximate surface area is 737 Å². The number of carboxylic acids is 2. The molecule has 706 valence electrons. The summed E-state index contributed by atoms with van der Waals surface area (Å²) in [6, 6.07) is -17.2. The van der Waals surface area contributed by atoms with Crippen molar-refractivity contribution in [2.45, 2.75) is 241 Å². The molecule has 3 aromatic rings. The van der Waals surface area contributed by atoms with Crippen molar-refractivity contribution in [3.05, 3.63) is 54.2 Å². The van der Waals surface area contributed by atoms with Gasteiger partial charge in [0.1, 0.15) is 84.6 Å². The molecule has 0 aliphatic rings. The molecule has 0 spiro atoms. The number of fused-ring (bicyclic) bond motifs is 1. The molecule has 50 heteroatoms. The number of aliphatic hydroxyl groups is 1. The summed E-state index contributed by atoms with van der Waals surface area (Å²) >= 11 is 4.26. The van der Waals surface area contributed by atoms with E-state index in [9.17, 15) is 102 Å². The van der Waals surface area contributed by atoms with Crippen LogP contribution in [0.3, 0.4) is 0 Å². The third kappa shape index (κ3) is 38.7. The lowest BCUT2D eigenvalue weighted by molar-refractivity contribution is -0.147. The summed E-state index contributed by atoms with van der Waals surface area (Å²) in [5, 5.41) is 84.6. The Morgan fingerprint density at radius 2 is 0.827 bits per heavy atom. The predicted octanol–water partition coefficient (Wildman–Crippen LogP) is -9.06. The molecule has 49 nitrogen and oxygen atoms in total. The van der Waals surface area contributed by atoms with Crippen molar-refractivity contribution in [2.75, 3.05) is 38.5 Å². The molecule has 2 heterocycles. The first-order valence-electron chi connectivity index (χ1n) is 41.4. The second-order valence-electron chi connectivity index (χ2n) is 30.4. The van der Waals surface area contributed by atoms with Gasteiger partial charge in [-0.15, -0.1) is 0 Å². The van der Waals surface area contributed by atoms with Crippen LogP contribution >= 0.6 is 12.6 Å². The van der Waals surface area contributed by atoms with Gasteiger partial charge in [-0.25, -0.2) is 9.78 Å². The molecule has 0 aliphatic heterocycles. The van der Waals surface area contributed by atoms with Crippen molar-refractivity contribution in [3.8, 4) is 0 Å². The first kappa shape index (κ1) is 108. The number of carboxylic acid groups (broad SMARTS) is 2. The number of aromatic nitrogens is 3. The minimum Gasteiger partial charge on any atom is -0.481 e. The summed E-state index contributed by atoms with van der Waals surface area (Å²) < 4.78 is 0. The van der Waals surface area contributed by atoms with Gasteiger partial charge in [-0.1, -0.05) is 58.7 Å². The Morgan fingerprint density at radius 1 is 0.441 bits per heavy atom. The normalized spacial score (nSPS) is 15.1. The number of carbonyl (C=O) groups excluding carboxylic acids is 16. The van der Waals surface area contributed by atoms with Crippen LogP contribution in [0.4, 0.5) is 0 Å². The highest BCUT2D eigenvalue weighted by Crippen LogP contribution is 2.21. The van der Waals surface area contributed by atoms with Crippen molar-refractivity contribution >= 4 is 142 Å². The number of H-pyrrole nitrogens is 2. The summed E-state index contributed by atoms with van der Waals surface area (Å²) in [6.07, 6.45) is 2.20. The molecule has 37 N–H and O–H groups in total. The number of amides is 16. The fourth-order valence-corrected chi connectivity index (χ4v) is 12.8. The molecule has 3 rings (SSSR count). The van der Waals surface area contributed by atoms with Crippen LogP contribution in [0, 0.1) is 22.7 Å². The van der Waals surface area contributed by atoms with Crippen molar-refractivity contribution in [3.63, 3.8) is 0 Å². The third-order valence-corrected chi connectivity index (χ3v) is 20.7. The molecule has 1 aromatic carbocycles. The van der Waals surface area contributed by atoms with E-state index in [0.29, 0.717) is 42.1 Å². The van der Waals surface area contributed by atoms with Crippen LogP contribution in [0.5, 0.6) is 0 Å². The van der Waals surface area contributed by atoms with E-state index < -0.39 is 241 Å². The first-order chi connectivity index (χ1) is 60.0. The first-order valence-corrected chi connectivity index (χ1v) is 42.0. The van der Waals surface area contributed by atoms with E-state index in [1.165, 1.54) is 39.5 Å². The van der Waals surface area contributed by atoms with Gasteiger partial charge >= 0.3 is 11.9 Å². The van der Waals surface area contributed by atoms with Gasteiger partial charge in [-0.05, 0) is 115 Å². The number of para-hydroxylation sites is 1. The SMILES string of the molecule is CC[C@H](C)[C@H](N)C(=O)N[C@@H](CCCNC(=N)N)C(=O)N[C@@H](CCCCN)C(=O)N[C@@H](C)C(=O)N[C@@H](Cc1cnc[nH]1)C(=O)N[C@@H](CS)C(=O)N[C@@H](CC(N)=O)C(=O)N[C@H](C(=O)N[C@@H](CO)C(=O)N[C@@H](CCCNC(=N)N)C(=O)N[C@@H](C)C(=O)N[C@@H](CCCCN)C(=O)N[C@@H](Cc1c[nH]c2ccccc12)C(=O)N[C@@H](CC(N)=O)C(=O)N[C@@H](CC(=O)O)C(=O)O)[C@@H](C)CC. The number of hydrogen-bond donors (Lipinski definition) is 31. The zero-order valence-electron chi connectivity index (χ0n) is 71.7. The summed E-state index contributed by atoms with van der Waals surface area (Å²) in [4.78, 5) is 256. The Morgan fingerprint density at radius 3 is 1.27 bits per heavy atom. The van der Waals surface area contributed by atoms with Crippen molar-refractivity contribution in [1.29, 1.82) is 10.8 Å². The van der Waals surface area contributed by atoms with E-state index in [1.54, 1.807) is 38.1 Å². The van der Waals surface area contributed by atoms with Crippen molar-refractivity contribution in [2.24, 2.45) is 52.0 Å². The molecule has 16 amide bonds. The van der Waals surface area contributed by atoms with Crippen LogP contribution in [0.15, 0.2) is 43.0 Å². The van der Waals surface area contributed by atoms with E-state index in [2.05, 4.69) is 107 Å². The maximum Gasteiger partial charge on any atom is 0.326 e. The van der Waals surface area contributed by atoms with Gasteiger partial charge in [-0.2, -0.15) is 12.6 Å². The maximum absolute atomic E-state index is 14.5. The van der Waals surface area contributed by atoms with Crippen LogP contribution in [0.25, 0.3) is 10.9 Å². The second kappa shape index (κ2) is 56.2. The van der Waals surface area contributed by atoms with Gasteiger partial charge in [-0.3, -0.25) is 92.3 Å². The van der Waals surface area contributed by atoms with Gasteiger partial charge in [0.05, 0.1) is 38.2 Å². The van der Waals surface area contributed by atoms with E-state index in [4.69, 9.17) is 51.0 Å². The van der Waals surface area contributed by atoms with Crippen LogP contribution in [-0.4, -0.2) is 278 Å². The minimum absolute atomic E-state index is 0.0159. The molecule has 0 unspecified atom stereocenters. The van der Waals surface area contributed by atoms with Crippen LogP contribution in [0.2, 0.25) is 0 Å². The number of thiol groups is 1. The molecule has 0 radical (unpaired) electrons. The third-order valence-electron chi connectivity index (χ3n) is 20.3. The number of aliphatic hydroxyl groups excluding tert-OH is 1. The lowest BCUT2D eigenvalue weighted by Gasteiger charge is -2.29. The predicted molar refractivity (Wildman–Crippen MR) is 462 cm³/mol. The number of rotatable bonds is 61. The molecule has 0 saturated carbocycles. The van der Waals surface area contributed by atoms with Gasteiger partial charge in [0.15, 0.2) is 11.9 Å². The quantitative estimate of drug-likeness (QED) is 0.0108. The highest BCUT2D eigenvalue weighted by molar-refractivity contribution is 7.80. The van der Waals surface area contributed by atoms with Crippen molar-refractivity contribution < 1.29 is 102 Å². The second-order valence-corrected chi connectivity index (χ2v) is 30.8. The number of aromatic amines is 2. The number of imidazole rings is 1. The number of unbranched alkanes of at least 4 members (excludes halogenated alkanes) is 2. The standard InChI is InChI=1S/C77H126N28O21S/c1-7-37(3)59(82)73(123)97-48(22-16-26-89-77(85)86)65(115)95-45(19-11-13-23-78)63(113)93-40(6)62(112)98-50(28-42-33-87-36-91-42)68(118)104-55(35-127)72(122)101-52(30-57(81)108)70(120)105-60(38(4)8-2)74(124)103-54(34-106)71(121)96-47(21-15-25-88-76(83)84)64(114)92-39(5)61(111)94-46(20-12-14-24-79)66(116)99-49(27-41-32-90-44-18-10-9-17-43(41)44)67(117)100-51(29-56(80)107)69(119)102-53(75(125)126)31-58(109)110/h9-10,17-18,32-33,36-40,45-55,59-60,90,106,127H,7-8,11-16,19-31,34-35,78-79,82H2,1-6H3,(H2,80,107)(H2,81,108)(H,87,91)(H,92,114)(H,93,113)(H,94,111)(H,95,115)(H,96,121)(H,97,123)(H,98,112)(H,99,116)(H,100,117)(H,101,122)(H,102,119)(H,103,124)(H,104,118)(H,105,120)(H,109,110)(H,125,126)(H4,83,84,88)(H4,85,86,89)/t37-,38-,39-,40-,45-,46-,47-,48-,49-,50-,51-,52-,53-,54-,55-,59-,60-/m0/s1. The fourth-order valence-electron chi connectivity index (χ4n) is 12.5. The smallest absolute Gasteiger partial charge is 0.326 e. The van der Waals surface area contributed by atoms with Gasteiger partial charge in [0.25, 0.3) is 0 Å². The number of nitrogens with two attached hydrogens (primary N) is 7. The zero-order chi connectivity index (χ0) is 95.3. The fraction of sp³-hybridized carbons (Fsp3) is 0.597. The largest absolute Gasteiger partial charge is 0.481 e. The Balaban J connectivity index is 1.88. The molecule has 0 aliphatic carbocycles. The van der Waals surface area contributed by atoms with E-state index >= 15 is 0 Å². The number of benzene rings is 1. The van der Waals surface area contributed by atoms with Crippen LogP contribution < -0.4 is 125 Å². The average molecular weight is 1810 g/mol. The summed E-state index contributed by atoms with van der Waals surface area (Å²) in [5.74, 6) is -22.6. The Kier molecular flexibility index (Phi) is 47.9. The van der Waals surface area contributed by atoms with Crippen molar-refractivity contribution in [1.82, 2.24) is 100 Å². The summed E-state index contributed by atoms with van der Waals surface area (Å²) in [7, 11) is 0.